The van der Waals surface area contributed by atoms with Crippen molar-refractivity contribution in [3.8, 4) is 11.5 Å². The molecular formula is C25H36F2O3. The van der Waals surface area contributed by atoms with Gasteiger partial charge in [-0.25, -0.2) is 0 Å². The summed E-state index contributed by atoms with van der Waals surface area (Å²) in [4.78, 5) is 0. The van der Waals surface area contributed by atoms with E-state index in [1.807, 2.05) is 6.92 Å². The molecule has 3 nitrogen and oxygen atoms in total. The Balaban J connectivity index is 1.42. The van der Waals surface area contributed by atoms with E-state index in [9.17, 15) is 8.78 Å². The summed E-state index contributed by atoms with van der Waals surface area (Å²) in [6.45, 7) is 5.73. The number of allylic oxidation sites excluding steroid dienone is 1. The Morgan fingerprint density at radius 3 is 2.30 bits per heavy atom. The molecule has 0 N–H and O–H groups in total. The average Bonchev–Trinajstić information content (AvgIpc) is 2.77. The van der Waals surface area contributed by atoms with Crippen LogP contribution in [0.2, 0.25) is 0 Å². The van der Waals surface area contributed by atoms with E-state index in [-0.39, 0.29) is 11.5 Å². The van der Waals surface area contributed by atoms with Gasteiger partial charge in [0, 0.05) is 5.92 Å². The summed E-state index contributed by atoms with van der Waals surface area (Å²) < 4.78 is 45.6. The van der Waals surface area contributed by atoms with E-state index >= 15 is 0 Å². The lowest BCUT2D eigenvalue weighted by molar-refractivity contribution is -0.0504. The van der Waals surface area contributed by atoms with Crippen molar-refractivity contribution in [1.82, 2.24) is 0 Å². The Labute approximate surface area is 179 Å². The van der Waals surface area contributed by atoms with Gasteiger partial charge >= 0.3 is 0 Å². The first-order valence-electron chi connectivity index (χ1n) is 11.6. The minimum atomic E-state index is -0.960. The highest BCUT2D eigenvalue weighted by atomic mass is 19.2. The summed E-state index contributed by atoms with van der Waals surface area (Å²) in [5, 5.41) is 0. The van der Waals surface area contributed by atoms with Crippen LogP contribution in [0, 0.1) is 29.4 Å². The molecule has 0 spiro atoms. The lowest BCUT2D eigenvalue weighted by atomic mass is 9.77. The highest BCUT2D eigenvalue weighted by Gasteiger charge is 2.31. The van der Waals surface area contributed by atoms with Gasteiger partial charge in [0.15, 0.2) is 11.5 Å². The van der Waals surface area contributed by atoms with Crippen LogP contribution in [0.5, 0.6) is 11.5 Å². The summed E-state index contributed by atoms with van der Waals surface area (Å²) in [6, 6.07) is 2.93. The molecule has 30 heavy (non-hydrogen) atoms. The van der Waals surface area contributed by atoms with Crippen molar-refractivity contribution in [3.05, 3.63) is 35.9 Å². The second kappa shape index (κ2) is 11.7. The van der Waals surface area contributed by atoms with E-state index in [2.05, 4.69) is 19.1 Å². The van der Waals surface area contributed by atoms with E-state index in [0.717, 1.165) is 51.6 Å². The normalized spacial score (nSPS) is 27.3. The van der Waals surface area contributed by atoms with Crippen molar-refractivity contribution < 1.29 is 23.0 Å². The predicted molar refractivity (Wildman–Crippen MR) is 115 cm³/mol. The van der Waals surface area contributed by atoms with Gasteiger partial charge < -0.3 is 14.2 Å². The molecule has 2 atom stereocenters. The van der Waals surface area contributed by atoms with E-state index in [1.165, 1.54) is 18.6 Å². The molecule has 1 heterocycles. The summed E-state index contributed by atoms with van der Waals surface area (Å²) in [5.74, 6) is -0.428. The summed E-state index contributed by atoms with van der Waals surface area (Å²) in [7, 11) is 0. The first-order valence-corrected chi connectivity index (χ1v) is 11.6. The van der Waals surface area contributed by atoms with E-state index in [1.54, 1.807) is 0 Å². The first-order chi connectivity index (χ1) is 14.6. The maximum absolute atomic E-state index is 14.3. The molecule has 2 unspecified atom stereocenters. The fourth-order valence-electron chi connectivity index (χ4n) is 4.59. The summed E-state index contributed by atoms with van der Waals surface area (Å²) in [5.41, 5.74) is 0. The monoisotopic (exact) mass is 422 g/mol. The Morgan fingerprint density at radius 2 is 1.70 bits per heavy atom. The SMILES string of the molecule is C/C=C/C1CCC(C2CCC(COc3ccc(OCCCC)c(F)c3F)CC2)OC1. The van der Waals surface area contributed by atoms with Crippen LogP contribution in [0.3, 0.4) is 0 Å². The molecule has 0 radical (unpaired) electrons. The topological polar surface area (TPSA) is 27.7 Å². The van der Waals surface area contributed by atoms with Crippen molar-refractivity contribution in [1.29, 1.82) is 0 Å². The molecule has 1 aromatic carbocycles. The molecule has 1 saturated heterocycles. The maximum Gasteiger partial charge on any atom is 0.204 e. The Morgan fingerprint density at radius 1 is 1.00 bits per heavy atom. The molecule has 0 bridgehead atoms. The molecular weight excluding hydrogens is 386 g/mol. The fraction of sp³-hybridized carbons (Fsp3) is 0.680. The molecule has 5 heteroatoms. The third kappa shape index (κ3) is 6.19. The van der Waals surface area contributed by atoms with Crippen molar-refractivity contribution >= 4 is 0 Å². The standard InChI is InChI=1S/C25H36F2O3/c1-3-5-15-28-22-13-14-23(25(27)24(22)26)30-17-19-7-10-20(11-8-19)21-12-9-18(6-4-2)16-29-21/h4,6,13-14,18-21H,3,5,7-12,15-17H2,1-2H3/b6-4+. The predicted octanol–water partition coefficient (Wildman–Crippen LogP) is 6.70. The summed E-state index contributed by atoms with van der Waals surface area (Å²) >= 11 is 0. The molecule has 1 aliphatic heterocycles. The molecule has 1 aromatic rings. The lowest BCUT2D eigenvalue weighted by Gasteiger charge is -2.37. The Kier molecular flexibility index (Phi) is 8.98. The van der Waals surface area contributed by atoms with E-state index < -0.39 is 11.6 Å². The molecule has 168 valence electrons. The van der Waals surface area contributed by atoms with Crippen LogP contribution >= 0.6 is 0 Å². The van der Waals surface area contributed by atoms with E-state index in [0.29, 0.717) is 37.1 Å². The second-order valence-corrected chi connectivity index (χ2v) is 8.72. The van der Waals surface area contributed by atoms with Gasteiger partial charge in [-0.1, -0.05) is 25.5 Å². The number of benzene rings is 1. The van der Waals surface area contributed by atoms with Crippen molar-refractivity contribution in [2.24, 2.45) is 17.8 Å². The third-order valence-corrected chi connectivity index (χ3v) is 6.47. The summed E-state index contributed by atoms with van der Waals surface area (Å²) in [6.07, 6.45) is 13.2. The van der Waals surface area contributed by atoms with Crippen molar-refractivity contribution in [2.75, 3.05) is 19.8 Å². The van der Waals surface area contributed by atoms with Crippen LogP contribution in [0.15, 0.2) is 24.3 Å². The van der Waals surface area contributed by atoms with Gasteiger partial charge in [-0.15, -0.1) is 0 Å². The van der Waals surface area contributed by atoms with Gasteiger partial charge in [0.25, 0.3) is 0 Å². The van der Waals surface area contributed by atoms with Gasteiger partial charge in [0.1, 0.15) is 0 Å². The largest absolute Gasteiger partial charge is 0.490 e. The average molecular weight is 423 g/mol. The Hall–Kier alpha value is -1.62. The molecule has 2 fully saturated rings. The van der Waals surface area contributed by atoms with E-state index in [4.69, 9.17) is 14.2 Å². The molecule has 0 aromatic heterocycles. The van der Waals surface area contributed by atoms with Gasteiger partial charge in [0.05, 0.1) is 25.9 Å². The molecule has 1 saturated carbocycles. The number of hydrogen-bond acceptors (Lipinski definition) is 3. The van der Waals surface area contributed by atoms with Gasteiger partial charge in [0.2, 0.25) is 11.6 Å². The Bertz CT molecular complexity index is 675. The molecule has 1 aliphatic carbocycles. The quantitative estimate of drug-likeness (QED) is 0.327. The van der Waals surface area contributed by atoms with Crippen LogP contribution in [-0.4, -0.2) is 25.9 Å². The molecule has 3 rings (SSSR count). The highest BCUT2D eigenvalue weighted by molar-refractivity contribution is 5.35. The van der Waals surface area contributed by atoms with Crippen LogP contribution in [0.4, 0.5) is 8.78 Å². The van der Waals surface area contributed by atoms with Gasteiger partial charge in [-0.05, 0) is 75.8 Å². The lowest BCUT2D eigenvalue weighted by Crippen LogP contribution is -2.34. The van der Waals surface area contributed by atoms with Crippen LogP contribution in [-0.2, 0) is 4.74 Å². The number of unbranched alkanes of at least 4 members (excludes halogenated alkanes) is 1. The van der Waals surface area contributed by atoms with Crippen LogP contribution < -0.4 is 9.47 Å². The number of halogens is 2. The minimum absolute atomic E-state index is 0.0249. The van der Waals surface area contributed by atoms with Crippen molar-refractivity contribution in [2.45, 2.75) is 71.3 Å². The first kappa shape index (κ1) is 23.1. The number of hydrogen-bond donors (Lipinski definition) is 0. The minimum Gasteiger partial charge on any atom is -0.490 e. The van der Waals surface area contributed by atoms with Crippen LogP contribution in [0.25, 0.3) is 0 Å². The second-order valence-electron chi connectivity index (χ2n) is 8.72. The number of ether oxygens (including phenoxy) is 3. The van der Waals surface area contributed by atoms with Gasteiger partial charge in [-0.3, -0.25) is 0 Å². The highest BCUT2D eigenvalue weighted by Crippen LogP contribution is 2.37. The number of rotatable bonds is 9. The molecule has 2 aliphatic rings. The third-order valence-electron chi connectivity index (χ3n) is 6.47. The van der Waals surface area contributed by atoms with Gasteiger partial charge in [-0.2, -0.15) is 8.78 Å². The van der Waals surface area contributed by atoms with Crippen molar-refractivity contribution in [3.63, 3.8) is 0 Å². The fourth-order valence-corrected chi connectivity index (χ4v) is 4.59. The zero-order valence-electron chi connectivity index (χ0n) is 18.4. The smallest absolute Gasteiger partial charge is 0.204 e. The maximum atomic E-state index is 14.3. The van der Waals surface area contributed by atoms with Crippen LogP contribution in [0.1, 0.15) is 65.2 Å². The zero-order chi connectivity index (χ0) is 21.3. The zero-order valence-corrected chi connectivity index (χ0v) is 18.4. The molecule has 0 amide bonds.